The van der Waals surface area contributed by atoms with Gasteiger partial charge in [-0.2, -0.15) is 13.2 Å². The van der Waals surface area contributed by atoms with E-state index in [1.807, 2.05) is 0 Å². The van der Waals surface area contributed by atoms with Crippen molar-refractivity contribution in [2.45, 2.75) is 51.2 Å². The molecule has 0 aliphatic heterocycles. The van der Waals surface area contributed by atoms with Crippen LogP contribution in [0.4, 0.5) is 23.9 Å². The maximum Gasteiger partial charge on any atom is 0.433 e. The van der Waals surface area contributed by atoms with E-state index in [0.717, 1.165) is 0 Å². The summed E-state index contributed by atoms with van der Waals surface area (Å²) in [6.07, 6.45) is -8.63. The molecule has 0 saturated carbocycles. The number of aromatic nitrogens is 2. The summed E-state index contributed by atoms with van der Waals surface area (Å²) in [5.74, 6) is -0.607. The topological polar surface area (TPSA) is 131 Å². The molecule has 0 aromatic carbocycles. The Kier molecular flexibility index (Phi) is 6.54. The molecule has 1 aromatic rings. The number of carbonyl (C=O) groups is 1. The van der Waals surface area contributed by atoms with Crippen molar-refractivity contribution in [3.63, 3.8) is 0 Å². The standard InChI is InChI=1S/C14H21F3N4O4/c1-13(2,3)25-12(24)19-5-4-8(22)9(23)7-6-20-11(18)21-10(7)14(15,16)17/h6,8-9,22-23H,4-5H2,1-3H3,(H,19,24)(H2,18,20,21). The largest absolute Gasteiger partial charge is 0.444 e. The van der Waals surface area contributed by atoms with Gasteiger partial charge in [0.2, 0.25) is 5.95 Å². The predicted molar refractivity (Wildman–Crippen MR) is 81.3 cm³/mol. The van der Waals surface area contributed by atoms with E-state index in [9.17, 15) is 28.2 Å². The molecule has 2 unspecified atom stereocenters. The number of rotatable bonds is 5. The van der Waals surface area contributed by atoms with Gasteiger partial charge >= 0.3 is 12.3 Å². The van der Waals surface area contributed by atoms with E-state index in [-0.39, 0.29) is 13.0 Å². The zero-order valence-corrected chi connectivity index (χ0v) is 14.0. The molecule has 11 heteroatoms. The van der Waals surface area contributed by atoms with E-state index in [0.29, 0.717) is 6.20 Å². The van der Waals surface area contributed by atoms with Crippen LogP contribution in [-0.2, 0) is 10.9 Å². The second-order valence-corrected chi connectivity index (χ2v) is 6.26. The van der Waals surface area contributed by atoms with E-state index >= 15 is 0 Å². The average Bonchev–Trinajstić information content (AvgIpc) is 2.43. The smallest absolute Gasteiger partial charge is 0.433 e. The van der Waals surface area contributed by atoms with Crippen LogP contribution < -0.4 is 11.1 Å². The van der Waals surface area contributed by atoms with Crippen LogP contribution in [0.3, 0.4) is 0 Å². The number of nitrogens with one attached hydrogen (secondary N) is 1. The van der Waals surface area contributed by atoms with E-state index in [1.54, 1.807) is 20.8 Å². The lowest BCUT2D eigenvalue weighted by molar-refractivity contribution is -0.143. The fraction of sp³-hybridized carbons (Fsp3) is 0.643. The second kappa shape index (κ2) is 7.83. The summed E-state index contributed by atoms with van der Waals surface area (Å²) in [6.45, 7) is 4.85. The number of hydrogen-bond acceptors (Lipinski definition) is 7. The van der Waals surface area contributed by atoms with Crippen LogP contribution in [0.15, 0.2) is 6.20 Å². The number of nitrogen functional groups attached to an aromatic ring is 1. The van der Waals surface area contributed by atoms with Crippen LogP contribution in [0.1, 0.15) is 44.6 Å². The van der Waals surface area contributed by atoms with Crippen molar-refractivity contribution >= 4 is 12.0 Å². The van der Waals surface area contributed by atoms with Crippen LogP contribution >= 0.6 is 0 Å². The van der Waals surface area contributed by atoms with Crippen molar-refractivity contribution < 1.29 is 32.9 Å². The molecule has 0 saturated heterocycles. The van der Waals surface area contributed by atoms with E-state index in [2.05, 4.69) is 15.3 Å². The lowest BCUT2D eigenvalue weighted by Crippen LogP contribution is -2.35. The van der Waals surface area contributed by atoms with Crippen LogP contribution in [0.25, 0.3) is 0 Å². The van der Waals surface area contributed by atoms with E-state index < -0.39 is 47.3 Å². The van der Waals surface area contributed by atoms with Gasteiger partial charge in [-0.05, 0) is 27.2 Å². The first-order chi connectivity index (χ1) is 11.3. The van der Waals surface area contributed by atoms with Gasteiger partial charge in [0.25, 0.3) is 0 Å². The predicted octanol–water partition coefficient (Wildman–Crippen LogP) is 1.39. The molecule has 142 valence electrons. The summed E-state index contributed by atoms with van der Waals surface area (Å²) in [4.78, 5) is 17.9. The molecule has 0 aliphatic rings. The highest BCUT2D eigenvalue weighted by atomic mass is 19.4. The van der Waals surface area contributed by atoms with Crippen LogP contribution in [0.5, 0.6) is 0 Å². The molecule has 0 aliphatic carbocycles. The third-order valence-corrected chi connectivity index (χ3v) is 2.90. The van der Waals surface area contributed by atoms with Crippen molar-refractivity contribution in [2.24, 2.45) is 0 Å². The minimum absolute atomic E-state index is 0.121. The lowest BCUT2D eigenvalue weighted by atomic mass is 10.0. The second-order valence-electron chi connectivity index (χ2n) is 6.26. The Morgan fingerprint density at radius 3 is 2.48 bits per heavy atom. The number of aliphatic hydroxyl groups is 2. The molecule has 0 fully saturated rings. The summed E-state index contributed by atoms with van der Waals surface area (Å²) < 4.78 is 43.8. The maximum absolute atomic E-state index is 13.0. The van der Waals surface area contributed by atoms with Gasteiger partial charge in [0.15, 0.2) is 5.69 Å². The highest BCUT2D eigenvalue weighted by molar-refractivity contribution is 5.67. The van der Waals surface area contributed by atoms with Gasteiger partial charge in [0.05, 0.1) is 6.10 Å². The van der Waals surface area contributed by atoms with Gasteiger partial charge in [-0.15, -0.1) is 0 Å². The summed E-state index contributed by atoms with van der Waals surface area (Å²) in [5.41, 5.74) is 2.29. The molecular formula is C14H21F3N4O4. The molecule has 0 bridgehead atoms. The first-order valence-electron chi connectivity index (χ1n) is 7.34. The molecule has 1 aromatic heterocycles. The number of alkyl carbamates (subject to hydrolysis) is 1. The summed E-state index contributed by atoms with van der Waals surface area (Å²) in [7, 11) is 0. The Morgan fingerprint density at radius 2 is 1.96 bits per heavy atom. The minimum Gasteiger partial charge on any atom is -0.444 e. The SMILES string of the molecule is CC(C)(C)OC(=O)NCCC(O)C(O)c1cnc(N)nc1C(F)(F)F. The molecule has 1 heterocycles. The number of ether oxygens (including phenoxy) is 1. The fourth-order valence-corrected chi connectivity index (χ4v) is 1.85. The summed E-state index contributed by atoms with van der Waals surface area (Å²) in [6, 6.07) is 0. The number of carbonyl (C=O) groups excluding carboxylic acids is 1. The number of hydrogen-bond donors (Lipinski definition) is 4. The first-order valence-corrected chi connectivity index (χ1v) is 7.34. The number of aliphatic hydroxyl groups excluding tert-OH is 2. The van der Waals surface area contributed by atoms with Gasteiger partial charge in [-0.1, -0.05) is 0 Å². The zero-order chi connectivity index (χ0) is 19.4. The van der Waals surface area contributed by atoms with Crippen LogP contribution in [-0.4, -0.2) is 44.5 Å². The number of anilines is 1. The molecule has 2 atom stereocenters. The fourth-order valence-electron chi connectivity index (χ4n) is 1.85. The molecule has 1 rings (SSSR count). The normalized spacial score (nSPS) is 14.7. The Balaban J connectivity index is 2.71. The Hall–Kier alpha value is -2.14. The quantitative estimate of drug-likeness (QED) is 0.619. The molecule has 5 N–H and O–H groups in total. The minimum atomic E-state index is -4.87. The summed E-state index contributed by atoms with van der Waals surface area (Å²) in [5, 5.41) is 22.2. The lowest BCUT2D eigenvalue weighted by Gasteiger charge is -2.22. The molecule has 1 amide bonds. The van der Waals surface area contributed by atoms with Crippen molar-refractivity contribution in [3.05, 3.63) is 17.5 Å². The van der Waals surface area contributed by atoms with Gasteiger partial charge in [-0.3, -0.25) is 0 Å². The van der Waals surface area contributed by atoms with Gasteiger partial charge < -0.3 is 26.0 Å². The third-order valence-electron chi connectivity index (χ3n) is 2.90. The number of amides is 1. The number of halogens is 3. The number of alkyl halides is 3. The zero-order valence-electron chi connectivity index (χ0n) is 14.0. The molecule has 8 nitrogen and oxygen atoms in total. The van der Waals surface area contributed by atoms with Gasteiger partial charge in [0.1, 0.15) is 11.7 Å². The Bertz CT molecular complexity index is 605. The maximum atomic E-state index is 13.0. The molecular weight excluding hydrogens is 345 g/mol. The van der Waals surface area contributed by atoms with Crippen LogP contribution in [0.2, 0.25) is 0 Å². The van der Waals surface area contributed by atoms with Crippen molar-refractivity contribution in [2.75, 3.05) is 12.3 Å². The van der Waals surface area contributed by atoms with Crippen molar-refractivity contribution in [3.8, 4) is 0 Å². The molecule has 25 heavy (non-hydrogen) atoms. The molecule has 0 radical (unpaired) electrons. The third kappa shape index (κ3) is 6.70. The monoisotopic (exact) mass is 366 g/mol. The Morgan fingerprint density at radius 1 is 1.36 bits per heavy atom. The van der Waals surface area contributed by atoms with E-state index in [4.69, 9.17) is 10.5 Å². The average molecular weight is 366 g/mol. The van der Waals surface area contributed by atoms with E-state index in [1.165, 1.54) is 0 Å². The highest BCUT2D eigenvalue weighted by Gasteiger charge is 2.39. The van der Waals surface area contributed by atoms with Gasteiger partial charge in [0, 0.05) is 18.3 Å². The number of nitrogens with two attached hydrogens (primary N) is 1. The Labute approximate surface area is 142 Å². The number of nitrogens with zero attached hydrogens (tertiary/aromatic N) is 2. The van der Waals surface area contributed by atoms with Crippen molar-refractivity contribution in [1.29, 1.82) is 0 Å². The van der Waals surface area contributed by atoms with Gasteiger partial charge in [-0.25, -0.2) is 14.8 Å². The molecule has 0 spiro atoms. The van der Waals surface area contributed by atoms with Crippen molar-refractivity contribution in [1.82, 2.24) is 15.3 Å². The van der Waals surface area contributed by atoms with Crippen LogP contribution in [0, 0.1) is 0 Å². The first kappa shape index (κ1) is 20.9. The summed E-state index contributed by atoms with van der Waals surface area (Å²) >= 11 is 0. The highest BCUT2D eigenvalue weighted by Crippen LogP contribution is 2.34.